The fraction of sp³-hybridized carbons (Fsp3) is 0.737. The lowest BCUT2D eigenvalue weighted by Gasteiger charge is -2.47. The number of likely N-dealkylation sites (tertiary alicyclic amines) is 1. The van der Waals surface area contributed by atoms with Crippen LogP contribution in [0.2, 0.25) is 0 Å². The lowest BCUT2D eigenvalue weighted by Crippen LogP contribution is -2.59. The Labute approximate surface area is 150 Å². The fourth-order valence-electron chi connectivity index (χ4n) is 3.68. The van der Waals surface area contributed by atoms with Crippen LogP contribution in [0.25, 0.3) is 0 Å². The van der Waals surface area contributed by atoms with Crippen LogP contribution in [0.5, 0.6) is 0 Å². The van der Waals surface area contributed by atoms with Gasteiger partial charge in [-0.3, -0.25) is 9.69 Å². The van der Waals surface area contributed by atoms with Gasteiger partial charge in [0, 0.05) is 32.7 Å². The maximum Gasteiger partial charge on any atom is 0.248 e. The lowest BCUT2D eigenvalue weighted by atomic mass is 9.89. The number of piperidine rings is 1. The summed E-state index contributed by atoms with van der Waals surface area (Å²) in [4.78, 5) is 18.7. The number of rotatable bonds is 5. The number of hydrogen-bond acceptors (Lipinski definition) is 5. The molecule has 3 rings (SSSR count). The molecule has 2 aliphatic rings. The van der Waals surface area contributed by atoms with E-state index in [2.05, 4.69) is 22.8 Å². The number of aryl methyl sites for hydroxylation is 2. The third kappa shape index (κ3) is 4.43. The van der Waals surface area contributed by atoms with Crippen molar-refractivity contribution in [3.05, 3.63) is 23.2 Å². The van der Waals surface area contributed by atoms with Crippen LogP contribution < -0.4 is 0 Å². The summed E-state index contributed by atoms with van der Waals surface area (Å²) in [6.45, 7) is 9.55. The molecule has 6 heteroatoms. The van der Waals surface area contributed by atoms with Gasteiger partial charge in [0.2, 0.25) is 5.91 Å². The summed E-state index contributed by atoms with van der Waals surface area (Å²) in [7, 11) is 4.08. The molecule has 1 spiro atoms. The number of carbonyl (C=O) groups is 1. The third-order valence-electron chi connectivity index (χ3n) is 5.51. The summed E-state index contributed by atoms with van der Waals surface area (Å²) in [5.74, 6) is 2.17. The summed E-state index contributed by atoms with van der Waals surface area (Å²) in [6, 6.07) is 2.14. The molecular formula is C19H31N3O3. The van der Waals surface area contributed by atoms with Crippen LogP contribution in [0, 0.1) is 13.8 Å². The molecule has 1 amide bonds. The monoisotopic (exact) mass is 349 g/mol. The number of morpholine rings is 1. The number of carbonyl (C=O) groups excluding carboxylic acids is 1. The van der Waals surface area contributed by atoms with Crippen LogP contribution in [0.3, 0.4) is 0 Å². The molecule has 25 heavy (non-hydrogen) atoms. The van der Waals surface area contributed by atoms with Gasteiger partial charge in [-0.25, -0.2) is 0 Å². The van der Waals surface area contributed by atoms with Gasteiger partial charge < -0.3 is 19.0 Å². The van der Waals surface area contributed by atoms with Crippen molar-refractivity contribution in [1.29, 1.82) is 0 Å². The lowest BCUT2D eigenvalue weighted by molar-refractivity contribution is -0.172. The minimum atomic E-state index is -0.161. The molecule has 0 aromatic carbocycles. The van der Waals surface area contributed by atoms with Crippen molar-refractivity contribution in [3.63, 3.8) is 0 Å². The van der Waals surface area contributed by atoms with Gasteiger partial charge in [-0.05, 0) is 52.4 Å². The van der Waals surface area contributed by atoms with Crippen LogP contribution >= 0.6 is 0 Å². The van der Waals surface area contributed by atoms with E-state index in [0.717, 1.165) is 63.6 Å². The number of ether oxygens (including phenoxy) is 1. The molecule has 0 radical (unpaired) electrons. The molecule has 140 valence electrons. The standard InChI is InChI=1S/C19H31N3O3/c1-15-11-17(25-16(15)2)12-21-7-5-19(6-8-21)14-22(10-9-20(3)4)18(23)13-24-19/h11H,5-10,12-14H2,1-4H3. The van der Waals surface area contributed by atoms with Crippen molar-refractivity contribution in [2.24, 2.45) is 0 Å². The van der Waals surface area contributed by atoms with E-state index in [1.54, 1.807) is 0 Å². The molecular weight excluding hydrogens is 318 g/mol. The largest absolute Gasteiger partial charge is 0.465 e. The molecule has 2 saturated heterocycles. The Morgan fingerprint density at radius 3 is 2.56 bits per heavy atom. The number of amides is 1. The quantitative estimate of drug-likeness (QED) is 0.809. The Kier molecular flexibility index (Phi) is 5.51. The number of furan rings is 1. The molecule has 6 nitrogen and oxygen atoms in total. The fourth-order valence-corrected chi connectivity index (χ4v) is 3.68. The minimum Gasteiger partial charge on any atom is -0.465 e. The van der Waals surface area contributed by atoms with Crippen LogP contribution in [0.15, 0.2) is 10.5 Å². The first-order valence-corrected chi connectivity index (χ1v) is 9.22. The molecule has 2 fully saturated rings. The highest BCUT2D eigenvalue weighted by molar-refractivity contribution is 5.78. The van der Waals surface area contributed by atoms with Crippen LogP contribution in [-0.2, 0) is 16.1 Å². The van der Waals surface area contributed by atoms with E-state index in [4.69, 9.17) is 9.15 Å². The highest BCUT2D eigenvalue weighted by Crippen LogP contribution is 2.31. The first kappa shape index (κ1) is 18.4. The third-order valence-corrected chi connectivity index (χ3v) is 5.51. The van der Waals surface area contributed by atoms with Crippen molar-refractivity contribution < 1.29 is 13.9 Å². The summed E-state index contributed by atoms with van der Waals surface area (Å²) >= 11 is 0. The first-order valence-electron chi connectivity index (χ1n) is 9.22. The van der Waals surface area contributed by atoms with E-state index in [-0.39, 0.29) is 18.1 Å². The normalized spacial score (nSPS) is 21.5. The Morgan fingerprint density at radius 2 is 1.96 bits per heavy atom. The molecule has 0 atom stereocenters. The number of likely N-dealkylation sites (N-methyl/N-ethyl adjacent to an activating group) is 1. The average Bonchev–Trinajstić information content (AvgIpc) is 2.88. The van der Waals surface area contributed by atoms with Gasteiger partial charge >= 0.3 is 0 Å². The number of hydrogen-bond donors (Lipinski definition) is 0. The maximum absolute atomic E-state index is 12.1. The van der Waals surface area contributed by atoms with Gasteiger partial charge in [-0.15, -0.1) is 0 Å². The molecule has 0 N–H and O–H groups in total. The van der Waals surface area contributed by atoms with Gasteiger partial charge in [-0.2, -0.15) is 0 Å². The van der Waals surface area contributed by atoms with Gasteiger partial charge in [-0.1, -0.05) is 0 Å². The van der Waals surface area contributed by atoms with Crippen LogP contribution in [-0.4, -0.2) is 79.6 Å². The van der Waals surface area contributed by atoms with Crippen molar-refractivity contribution >= 4 is 5.91 Å². The predicted molar refractivity (Wildman–Crippen MR) is 96.5 cm³/mol. The topological polar surface area (TPSA) is 49.2 Å². The summed E-state index contributed by atoms with van der Waals surface area (Å²) in [6.07, 6.45) is 1.94. The van der Waals surface area contributed by atoms with Crippen molar-refractivity contribution in [3.8, 4) is 0 Å². The SMILES string of the molecule is Cc1cc(CN2CCC3(CC2)CN(CCN(C)C)C(=O)CO3)oc1C. The smallest absolute Gasteiger partial charge is 0.248 e. The Hall–Kier alpha value is -1.37. The molecule has 0 saturated carbocycles. The van der Waals surface area contributed by atoms with Crippen molar-refractivity contribution in [1.82, 2.24) is 14.7 Å². The zero-order chi connectivity index (χ0) is 18.0. The van der Waals surface area contributed by atoms with Gasteiger partial charge in [0.15, 0.2) is 0 Å². The molecule has 0 bridgehead atoms. The highest BCUT2D eigenvalue weighted by Gasteiger charge is 2.42. The molecule has 0 unspecified atom stereocenters. The Balaban J connectivity index is 1.54. The highest BCUT2D eigenvalue weighted by atomic mass is 16.5. The van der Waals surface area contributed by atoms with E-state index >= 15 is 0 Å². The van der Waals surface area contributed by atoms with E-state index < -0.39 is 0 Å². The van der Waals surface area contributed by atoms with Crippen molar-refractivity contribution in [2.45, 2.75) is 38.8 Å². The summed E-state index contributed by atoms with van der Waals surface area (Å²) < 4.78 is 11.8. The van der Waals surface area contributed by atoms with E-state index in [1.165, 1.54) is 5.56 Å². The second kappa shape index (κ2) is 7.48. The molecule has 0 aliphatic carbocycles. The van der Waals surface area contributed by atoms with E-state index in [1.807, 2.05) is 25.9 Å². The second-order valence-corrected chi connectivity index (χ2v) is 7.82. The van der Waals surface area contributed by atoms with E-state index in [9.17, 15) is 4.79 Å². The molecule has 1 aromatic rings. The van der Waals surface area contributed by atoms with Gasteiger partial charge in [0.05, 0.1) is 12.1 Å². The van der Waals surface area contributed by atoms with E-state index in [0.29, 0.717) is 0 Å². The Bertz CT molecular complexity index is 584. The second-order valence-electron chi connectivity index (χ2n) is 7.82. The minimum absolute atomic E-state index is 0.122. The molecule has 2 aliphatic heterocycles. The Morgan fingerprint density at radius 1 is 1.24 bits per heavy atom. The maximum atomic E-state index is 12.1. The summed E-state index contributed by atoms with van der Waals surface area (Å²) in [5.41, 5.74) is 1.06. The zero-order valence-corrected chi connectivity index (χ0v) is 16.0. The molecule has 1 aromatic heterocycles. The zero-order valence-electron chi connectivity index (χ0n) is 16.0. The van der Waals surface area contributed by atoms with Crippen molar-refractivity contribution in [2.75, 3.05) is 53.4 Å². The predicted octanol–water partition coefficient (Wildman–Crippen LogP) is 1.65. The van der Waals surface area contributed by atoms with Gasteiger partial charge in [0.25, 0.3) is 0 Å². The van der Waals surface area contributed by atoms with Crippen LogP contribution in [0.1, 0.15) is 29.9 Å². The van der Waals surface area contributed by atoms with Gasteiger partial charge in [0.1, 0.15) is 18.1 Å². The number of nitrogens with zero attached hydrogens (tertiary/aromatic N) is 3. The summed E-state index contributed by atoms with van der Waals surface area (Å²) in [5, 5.41) is 0. The first-order chi connectivity index (χ1) is 11.9. The van der Waals surface area contributed by atoms with Crippen LogP contribution in [0.4, 0.5) is 0 Å². The average molecular weight is 349 g/mol. The molecule has 3 heterocycles.